The Balaban J connectivity index is 0.00000176. The minimum absolute atomic E-state index is 0. The Morgan fingerprint density at radius 3 is 2.82 bits per heavy atom. The van der Waals surface area contributed by atoms with Crippen LogP contribution in [0.25, 0.3) is 0 Å². The number of halogens is 1. The molecule has 124 valence electrons. The second-order valence-corrected chi connectivity index (χ2v) is 6.53. The van der Waals surface area contributed by atoms with E-state index in [1.165, 1.54) is 31.2 Å². The first-order chi connectivity index (χ1) is 10.2. The van der Waals surface area contributed by atoms with Gasteiger partial charge < -0.3 is 10.2 Å². The molecule has 5 nitrogen and oxygen atoms in total. The predicted octanol–water partition coefficient (Wildman–Crippen LogP) is 2.28. The first-order valence-corrected chi connectivity index (χ1v) is 8.17. The van der Waals surface area contributed by atoms with Crippen molar-refractivity contribution in [3.8, 4) is 0 Å². The normalized spacial score (nSPS) is 21.8. The van der Waals surface area contributed by atoms with Crippen LogP contribution in [0.1, 0.15) is 31.2 Å². The number of hydrogen-bond donors (Lipinski definition) is 1. The van der Waals surface area contributed by atoms with Gasteiger partial charge in [0.1, 0.15) is 0 Å². The smallest absolute Gasteiger partial charge is 0.193 e. The molecule has 2 aliphatic rings. The van der Waals surface area contributed by atoms with Gasteiger partial charge in [-0.1, -0.05) is 12.8 Å². The fraction of sp³-hybridized carbons (Fsp3) is 0.750. The summed E-state index contributed by atoms with van der Waals surface area (Å²) in [6.45, 7) is 3.30. The number of nitrogens with one attached hydrogen (secondary N) is 1. The standard InChI is InChI=1S/C16H27N5.HI/c1-17-16(18-7-5-13-3-4-13)21-8-6-14(12-21)9-15-10-19-20(2)11-15;/h10-11,13-14H,3-9,12H2,1-2H3,(H,17,18);1H. The summed E-state index contributed by atoms with van der Waals surface area (Å²) < 4.78 is 1.89. The van der Waals surface area contributed by atoms with Crippen LogP contribution in [-0.2, 0) is 13.5 Å². The molecule has 0 aromatic carbocycles. The third-order valence-corrected chi connectivity index (χ3v) is 4.61. The Morgan fingerprint density at radius 2 is 2.18 bits per heavy atom. The summed E-state index contributed by atoms with van der Waals surface area (Å²) in [6.07, 6.45) is 10.7. The van der Waals surface area contributed by atoms with Gasteiger partial charge in [-0.05, 0) is 36.7 Å². The minimum atomic E-state index is 0. The van der Waals surface area contributed by atoms with Crippen LogP contribution in [0.5, 0.6) is 0 Å². The lowest BCUT2D eigenvalue weighted by Crippen LogP contribution is -2.40. The molecule has 0 bridgehead atoms. The second-order valence-electron chi connectivity index (χ2n) is 6.53. The third kappa shape index (κ3) is 4.86. The molecule has 1 unspecified atom stereocenters. The van der Waals surface area contributed by atoms with Gasteiger partial charge in [0.15, 0.2) is 5.96 Å². The number of guanidine groups is 1. The molecule has 1 saturated carbocycles. The van der Waals surface area contributed by atoms with E-state index in [0.717, 1.165) is 43.9 Å². The molecule has 1 aliphatic heterocycles. The van der Waals surface area contributed by atoms with Crippen molar-refractivity contribution in [2.45, 2.75) is 32.1 Å². The van der Waals surface area contributed by atoms with Gasteiger partial charge >= 0.3 is 0 Å². The van der Waals surface area contributed by atoms with Gasteiger partial charge in [-0.15, -0.1) is 24.0 Å². The molecule has 1 N–H and O–H groups in total. The lowest BCUT2D eigenvalue weighted by Gasteiger charge is -2.21. The van der Waals surface area contributed by atoms with Crippen molar-refractivity contribution in [2.75, 3.05) is 26.7 Å². The Labute approximate surface area is 150 Å². The summed E-state index contributed by atoms with van der Waals surface area (Å²) in [5, 5.41) is 7.79. The molecule has 1 saturated heterocycles. The van der Waals surface area contributed by atoms with Crippen LogP contribution in [-0.4, -0.2) is 47.3 Å². The van der Waals surface area contributed by atoms with Crippen LogP contribution in [0.4, 0.5) is 0 Å². The Bertz CT molecular complexity index is 494. The fourth-order valence-corrected chi connectivity index (χ4v) is 3.23. The van der Waals surface area contributed by atoms with Crippen molar-refractivity contribution in [2.24, 2.45) is 23.9 Å². The van der Waals surface area contributed by atoms with Gasteiger partial charge in [0.25, 0.3) is 0 Å². The summed E-state index contributed by atoms with van der Waals surface area (Å²) >= 11 is 0. The summed E-state index contributed by atoms with van der Waals surface area (Å²) in [7, 11) is 3.88. The third-order valence-electron chi connectivity index (χ3n) is 4.61. The summed E-state index contributed by atoms with van der Waals surface area (Å²) in [5.41, 5.74) is 1.35. The minimum Gasteiger partial charge on any atom is -0.356 e. The Hall–Kier alpha value is -0.790. The van der Waals surface area contributed by atoms with E-state index in [0.29, 0.717) is 0 Å². The maximum absolute atomic E-state index is 4.45. The van der Waals surface area contributed by atoms with Crippen LogP contribution in [0.3, 0.4) is 0 Å². The molecular weight excluding hydrogens is 389 g/mol. The number of aryl methyl sites for hydroxylation is 1. The SMILES string of the molecule is CN=C(NCCC1CC1)N1CCC(Cc2cnn(C)c2)C1.I. The highest BCUT2D eigenvalue weighted by atomic mass is 127. The van der Waals surface area contributed by atoms with E-state index in [9.17, 15) is 0 Å². The van der Waals surface area contributed by atoms with Crippen molar-refractivity contribution in [3.05, 3.63) is 18.0 Å². The van der Waals surface area contributed by atoms with Crippen molar-refractivity contribution in [3.63, 3.8) is 0 Å². The highest BCUT2D eigenvalue weighted by molar-refractivity contribution is 14.0. The van der Waals surface area contributed by atoms with Gasteiger partial charge in [0.2, 0.25) is 0 Å². The molecular formula is C16H28IN5. The lowest BCUT2D eigenvalue weighted by atomic mass is 10.0. The number of aromatic nitrogens is 2. The van der Waals surface area contributed by atoms with Crippen LogP contribution in [0, 0.1) is 11.8 Å². The quantitative estimate of drug-likeness (QED) is 0.454. The molecule has 0 amide bonds. The van der Waals surface area contributed by atoms with E-state index in [1.54, 1.807) is 0 Å². The van der Waals surface area contributed by atoms with E-state index in [-0.39, 0.29) is 24.0 Å². The molecule has 2 fully saturated rings. The molecule has 2 heterocycles. The maximum atomic E-state index is 4.45. The van der Waals surface area contributed by atoms with Gasteiger partial charge in [-0.25, -0.2) is 0 Å². The van der Waals surface area contributed by atoms with Crippen LogP contribution >= 0.6 is 24.0 Å². The maximum Gasteiger partial charge on any atom is 0.193 e. The van der Waals surface area contributed by atoms with Crippen molar-refractivity contribution >= 4 is 29.9 Å². The van der Waals surface area contributed by atoms with E-state index >= 15 is 0 Å². The topological polar surface area (TPSA) is 45.5 Å². The van der Waals surface area contributed by atoms with Gasteiger partial charge in [-0.2, -0.15) is 5.10 Å². The molecule has 3 rings (SSSR count). The van der Waals surface area contributed by atoms with Crippen LogP contribution in [0.2, 0.25) is 0 Å². The first kappa shape index (κ1) is 17.6. The average Bonchev–Trinajstić information content (AvgIpc) is 3.04. The zero-order valence-electron chi connectivity index (χ0n) is 13.7. The number of hydrogen-bond acceptors (Lipinski definition) is 2. The molecule has 0 spiro atoms. The summed E-state index contributed by atoms with van der Waals surface area (Å²) in [6, 6.07) is 0. The number of aliphatic imine (C=N–C) groups is 1. The van der Waals surface area contributed by atoms with Crippen molar-refractivity contribution < 1.29 is 0 Å². The van der Waals surface area contributed by atoms with E-state index in [2.05, 4.69) is 26.5 Å². The first-order valence-electron chi connectivity index (χ1n) is 8.17. The number of nitrogens with zero attached hydrogens (tertiary/aromatic N) is 4. The molecule has 1 aromatic heterocycles. The van der Waals surface area contributed by atoms with Crippen LogP contribution in [0.15, 0.2) is 17.4 Å². The Morgan fingerprint density at radius 1 is 1.36 bits per heavy atom. The van der Waals surface area contributed by atoms with Crippen molar-refractivity contribution in [1.29, 1.82) is 0 Å². The fourth-order valence-electron chi connectivity index (χ4n) is 3.23. The monoisotopic (exact) mass is 417 g/mol. The van der Waals surface area contributed by atoms with Crippen LogP contribution < -0.4 is 5.32 Å². The molecule has 1 atom stereocenters. The van der Waals surface area contributed by atoms with Gasteiger partial charge in [0.05, 0.1) is 6.20 Å². The molecule has 1 aliphatic carbocycles. The van der Waals surface area contributed by atoms with Crippen molar-refractivity contribution in [1.82, 2.24) is 20.0 Å². The summed E-state index contributed by atoms with van der Waals surface area (Å²) in [4.78, 5) is 6.86. The second kappa shape index (κ2) is 8.17. The summed E-state index contributed by atoms with van der Waals surface area (Å²) in [5.74, 6) is 2.79. The Kier molecular flexibility index (Phi) is 6.52. The van der Waals surface area contributed by atoms with E-state index in [4.69, 9.17) is 0 Å². The average molecular weight is 417 g/mol. The molecule has 1 aromatic rings. The molecule has 0 radical (unpaired) electrons. The number of likely N-dealkylation sites (tertiary alicyclic amines) is 1. The van der Waals surface area contributed by atoms with Gasteiger partial charge in [0, 0.05) is 39.9 Å². The highest BCUT2D eigenvalue weighted by Crippen LogP contribution is 2.31. The molecule has 6 heteroatoms. The highest BCUT2D eigenvalue weighted by Gasteiger charge is 2.26. The van der Waals surface area contributed by atoms with Gasteiger partial charge in [-0.3, -0.25) is 9.67 Å². The largest absolute Gasteiger partial charge is 0.356 e. The van der Waals surface area contributed by atoms with E-state index < -0.39 is 0 Å². The lowest BCUT2D eigenvalue weighted by molar-refractivity contribution is 0.458. The zero-order valence-corrected chi connectivity index (χ0v) is 16.0. The zero-order chi connectivity index (χ0) is 14.7. The number of rotatable bonds is 5. The predicted molar refractivity (Wildman–Crippen MR) is 101 cm³/mol. The molecule has 22 heavy (non-hydrogen) atoms. The van der Waals surface area contributed by atoms with E-state index in [1.807, 2.05) is 25.0 Å².